The van der Waals surface area contributed by atoms with E-state index < -0.39 is 6.04 Å². The van der Waals surface area contributed by atoms with E-state index in [2.05, 4.69) is 34.6 Å². The predicted octanol–water partition coefficient (Wildman–Crippen LogP) is 5.92. The standard InChI is InChI=1S/C25H22N2OS/c28-25(20-16-26-21-12-6-4-10-18(20)21)24(17-8-2-1-3-9-17)27-22-14-15-29-23-13-7-5-11-19(22)23/h1-13,16,22,24,26-27H,14-15H2/t22-,24+/m0/s1. The van der Waals surface area contributed by atoms with E-state index in [1.165, 1.54) is 10.5 Å². The summed E-state index contributed by atoms with van der Waals surface area (Å²) in [6.45, 7) is 0. The molecule has 1 aliphatic rings. The molecule has 0 bridgehead atoms. The number of rotatable bonds is 5. The summed E-state index contributed by atoms with van der Waals surface area (Å²) >= 11 is 1.89. The van der Waals surface area contributed by atoms with Gasteiger partial charge in [-0.05, 0) is 35.4 Å². The van der Waals surface area contributed by atoms with Crippen LogP contribution in [0.3, 0.4) is 0 Å². The van der Waals surface area contributed by atoms with E-state index in [4.69, 9.17) is 0 Å². The Labute approximate surface area is 174 Å². The van der Waals surface area contributed by atoms with Crippen LogP contribution in [0.25, 0.3) is 10.9 Å². The van der Waals surface area contributed by atoms with Gasteiger partial charge in [0.15, 0.2) is 5.78 Å². The largest absolute Gasteiger partial charge is 0.360 e. The highest BCUT2D eigenvalue weighted by molar-refractivity contribution is 7.99. The normalized spacial score (nSPS) is 17.0. The summed E-state index contributed by atoms with van der Waals surface area (Å²) in [5.74, 6) is 1.15. The molecule has 0 radical (unpaired) electrons. The smallest absolute Gasteiger partial charge is 0.186 e. The van der Waals surface area contributed by atoms with Crippen molar-refractivity contribution in [3.8, 4) is 0 Å². The van der Waals surface area contributed by atoms with Gasteiger partial charge in [-0.25, -0.2) is 0 Å². The van der Waals surface area contributed by atoms with Gasteiger partial charge >= 0.3 is 0 Å². The number of carbonyl (C=O) groups is 1. The molecule has 0 saturated heterocycles. The minimum atomic E-state index is -0.392. The van der Waals surface area contributed by atoms with Crippen LogP contribution in [0.15, 0.2) is 90.0 Å². The van der Waals surface area contributed by atoms with E-state index in [-0.39, 0.29) is 11.8 Å². The van der Waals surface area contributed by atoms with Gasteiger partial charge in [0.2, 0.25) is 0 Å². The molecule has 0 unspecified atom stereocenters. The molecule has 4 heteroatoms. The molecule has 144 valence electrons. The van der Waals surface area contributed by atoms with Gasteiger partial charge in [0.05, 0.1) is 6.04 Å². The first-order valence-corrected chi connectivity index (χ1v) is 10.9. The van der Waals surface area contributed by atoms with Crippen LogP contribution in [-0.2, 0) is 0 Å². The molecule has 0 aliphatic carbocycles. The number of benzene rings is 3. The molecule has 2 heterocycles. The summed E-state index contributed by atoms with van der Waals surface area (Å²) in [5.41, 5.74) is 4.01. The summed E-state index contributed by atoms with van der Waals surface area (Å²) in [7, 11) is 0. The van der Waals surface area contributed by atoms with Gasteiger partial charge in [-0.2, -0.15) is 0 Å². The average Bonchev–Trinajstić information content (AvgIpc) is 3.22. The molecule has 5 rings (SSSR count). The van der Waals surface area contributed by atoms with Crippen molar-refractivity contribution in [2.24, 2.45) is 0 Å². The SMILES string of the molecule is O=C(c1c[nH]c2ccccc12)[C@H](N[C@H]1CCSc2ccccc21)c1ccccc1. The third-order valence-electron chi connectivity index (χ3n) is 5.58. The van der Waals surface area contributed by atoms with Gasteiger partial charge < -0.3 is 4.98 Å². The molecule has 2 atom stereocenters. The number of fused-ring (bicyclic) bond motifs is 2. The lowest BCUT2D eigenvalue weighted by Crippen LogP contribution is -2.33. The Morgan fingerprint density at radius 2 is 1.72 bits per heavy atom. The number of ketones is 1. The van der Waals surface area contributed by atoms with Gasteiger partial charge in [0.1, 0.15) is 0 Å². The van der Waals surface area contributed by atoms with Crippen LogP contribution < -0.4 is 5.32 Å². The van der Waals surface area contributed by atoms with Crippen LogP contribution in [-0.4, -0.2) is 16.5 Å². The highest BCUT2D eigenvalue weighted by Crippen LogP contribution is 2.37. The van der Waals surface area contributed by atoms with Crippen LogP contribution >= 0.6 is 11.8 Å². The van der Waals surface area contributed by atoms with Crippen molar-refractivity contribution in [3.05, 3.63) is 102 Å². The fourth-order valence-electron chi connectivity index (χ4n) is 4.12. The molecule has 0 spiro atoms. The van der Waals surface area contributed by atoms with Gasteiger partial charge in [-0.1, -0.05) is 66.7 Å². The summed E-state index contributed by atoms with van der Waals surface area (Å²) in [4.78, 5) is 18.3. The Hall–Kier alpha value is -2.82. The second-order valence-electron chi connectivity index (χ2n) is 7.35. The number of hydrogen-bond acceptors (Lipinski definition) is 3. The second-order valence-corrected chi connectivity index (χ2v) is 8.49. The van der Waals surface area contributed by atoms with Crippen LogP contribution in [0.5, 0.6) is 0 Å². The van der Waals surface area contributed by atoms with Crippen LogP contribution in [0.2, 0.25) is 0 Å². The number of aromatic amines is 1. The quantitative estimate of drug-likeness (QED) is 0.410. The average molecular weight is 399 g/mol. The van der Waals surface area contributed by atoms with Crippen molar-refractivity contribution < 1.29 is 4.79 Å². The zero-order chi connectivity index (χ0) is 19.6. The molecule has 0 fully saturated rings. The molecule has 4 aromatic rings. The first-order valence-electron chi connectivity index (χ1n) is 9.94. The summed E-state index contributed by atoms with van der Waals surface area (Å²) in [6.07, 6.45) is 2.85. The fourth-order valence-corrected chi connectivity index (χ4v) is 5.24. The van der Waals surface area contributed by atoms with E-state index in [1.54, 1.807) is 0 Å². The van der Waals surface area contributed by atoms with E-state index in [0.29, 0.717) is 0 Å². The first-order chi connectivity index (χ1) is 14.3. The van der Waals surface area contributed by atoms with E-state index in [1.807, 2.05) is 72.6 Å². The molecule has 3 aromatic carbocycles. The molecule has 1 aromatic heterocycles. The van der Waals surface area contributed by atoms with Crippen molar-refractivity contribution in [1.29, 1.82) is 0 Å². The van der Waals surface area contributed by atoms with Crippen molar-refractivity contribution >= 4 is 28.4 Å². The Kier molecular flexibility index (Phi) is 4.96. The number of thioether (sulfide) groups is 1. The van der Waals surface area contributed by atoms with Crippen molar-refractivity contribution in [2.45, 2.75) is 23.4 Å². The Bertz CT molecular complexity index is 1150. The molecule has 2 N–H and O–H groups in total. The lowest BCUT2D eigenvalue weighted by Gasteiger charge is -2.30. The second kappa shape index (κ2) is 7.90. The highest BCUT2D eigenvalue weighted by atomic mass is 32.2. The number of H-pyrrole nitrogens is 1. The van der Waals surface area contributed by atoms with Gasteiger partial charge in [0, 0.05) is 33.6 Å². The molecule has 0 amide bonds. The third-order valence-corrected chi connectivity index (χ3v) is 6.70. The summed E-state index contributed by atoms with van der Waals surface area (Å²) in [6, 6.07) is 26.3. The number of aromatic nitrogens is 1. The number of nitrogens with one attached hydrogen (secondary N) is 2. The Morgan fingerprint density at radius 1 is 0.966 bits per heavy atom. The lowest BCUT2D eigenvalue weighted by atomic mass is 9.94. The third kappa shape index (κ3) is 3.50. The maximum Gasteiger partial charge on any atom is 0.186 e. The number of Topliss-reactive ketones (excluding diaryl/α,β-unsaturated/α-hetero) is 1. The zero-order valence-electron chi connectivity index (χ0n) is 16.0. The van der Waals surface area contributed by atoms with Crippen molar-refractivity contribution in [1.82, 2.24) is 10.3 Å². The van der Waals surface area contributed by atoms with Gasteiger partial charge in [-0.3, -0.25) is 10.1 Å². The summed E-state index contributed by atoms with van der Waals surface area (Å²) in [5, 5.41) is 4.68. The maximum atomic E-state index is 13.7. The topological polar surface area (TPSA) is 44.9 Å². The van der Waals surface area contributed by atoms with Crippen LogP contribution in [0.1, 0.15) is 40.0 Å². The summed E-state index contributed by atoms with van der Waals surface area (Å²) < 4.78 is 0. The molecular weight excluding hydrogens is 376 g/mol. The zero-order valence-corrected chi connectivity index (χ0v) is 16.8. The minimum Gasteiger partial charge on any atom is -0.360 e. The minimum absolute atomic E-state index is 0.101. The monoisotopic (exact) mass is 398 g/mol. The lowest BCUT2D eigenvalue weighted by molar-refractivity contribution is 0.0936. The number of hydrogen-bond donors (Lipinski definition) is 2. The van der Waals surface area contributed by atoms with Crippen LogP contribution in [0.4, 0.5) is 0 Å². The van der Waals surface area contributed by atoms with Crippen LogP contribution in [0, 0.1) is 0 Å². The van der Waals surface area contributed by atoms with Gasteiger partial charge in [0.25, 0.3) is 0 Å². The van der Waals surface area contributed by atoms with E-state index >= 15 is 0 Å². The fraction of sp³-hybridized carbons (Fsp3) is 0.160. The number of para-hydroxylation sites is 1. The highest BCUT2D eigenvalue weighted by Gasteiger charge is 2.29. The molecule has 0 saturated carbocycles. The first kappa shape index (κ1) is 18.2. The van der Waals surface area contributed by atoms with E-state index in [9.17, 15) is 4.79 Å². The number of carbonyl (C=O) groups excluding carboxylic acids is 1. The molecule has 1 aliphatic heterocycles. The van der Waals surface area contributed by atoms with Crippen molar-refractivity contribution in [3.63, 3.8) is 0 Å². The Morgan fingerprint density at radius 3 is 2.62 bits per heavy atom. The molecule has 29 heavy (non-hydrogen) atoms. The Balaban J connectivity index is 1.54. The molecular formula is C25H22N2OS. The molecule has 3 nitrogen and oxygen atoms in total. The predicted molar refractivity (Wildman–Crippen MR) is 119 cm³/mol. The van der Waals surface area contributed by atoms with Gasteiger partial charge in [-0.15, -0.1) is 11.8 Å². The van der Waals surface area contributed by atoms with Crippen molar-refractivity contribution in [2.75, 3.05) is 5.75 Å². The van der Waals surface area contributed by atoms with E-state index in [0.717, 1.165) is 34.2 Å². The maximum absolute atomic E-state index is 13.7.